The van der Waals surface area contributed by atoms with Crippen molar-refractivity contribution in [3.63, 3.8) is 0 Å². The Bertz CT molecular complexity index is 486. The Hall–Kier alpha value is -1.49. The minimum atomic E-state index is -0.295. The summed E-state index contributed by atoms with van der Waals surface area (Å²) in [7, 11) is 1.36. The van der Waals surface area contributed by atoms with Crippen LogP contribution >= 0.6 is 11.8 Å². The summed E-state index contributed by atoms with van der Waals surface area (Å²) in [6.07, 6.45) is 0.280. The van der Waals surface area contributed by atoms with E-state index >= 15 is 0 Å². The van der Waals surface area contributed by atoms with Crippen LogP contribution in [0.4, 0.5) is 0 Å². The zero-order valence-electron chi connectivity index (χ0n) is 11.8. The molecule has 0 aliphatic carbocycles. The number of aryl methyl sites for hydroxylation is 1. The fraction of sp³-hybridized carbons (Fsp3) is 0.467. The molecule has 20 heavy (non-hydrogen) atoms. The maximum atomic E-state index is 11.8. The number of rotatable bonds is 5. The summed E-state index contributed by atoms with van der Waals surface area (Å²) >= 11 is 1.72. The van der Waals surface area contributed by atoms with Crippen molar-refractivity contribution in [2.24, 2.45) is 5.92 Å². The Morgan fingerprint density at radius 3 is 2.75 bits per heavy atom. The number of hydrogen-bond donors (Lipinski definition) is 0. The number of thioether (sulfide) groups is 1. The van der Waals surface area contributed by atoms with E-state index in [-0.39, 0.29) is 24.2 Å². The third-order valence-corrected chi connectivity index (χ3v) is 4.39. The molecule has 1 aliphatic heterocycles. The van der Waals surface area contributed by atoms with Crippen molar-refractivity contribution >= 4 is 23.6 Å². The molecule has 108 valence electrons. The molecule has 1 saturated heterocycles. The van der Waals surface area contributed by atoms with Gasteiger partial charge in [0.05, 0.1) is 13.0 Å². The van der Waals surface area contributed by atoms with Gasteiger partial charge in [0, 0.05) is 30.2 Å². The number of hydrogen-bond acceptors (Lipinski definition) is 4. The summed E-state index contributed by atoms with van der Waals surface area (Å²) in [5.74, 6) is 0.303. The highest BCUT2D eigenvalue weighted by molar-refractivity contribution is 7.99. The van der Waals surface area contributed by atoms with Crippen molar-refractivity contribution in [2.45, 2.75) is 18.2 Å². The maximum absolute atomic E-state index is 11.8. The quantitative estimate of drug-likeness (QED) is 0.616. The van der Waals surface area contributed by atoms with Crippen molar-refractivity contribution in [3.8, 4) is 0 Å². The van der Waals surface area contributed by atoms with Crippen LogP contribution in [0.3, 0.4) is 0 Å². The highest BCUT2D eigenvalue weighted by Gasteiger charge is 2.34. The number of methoxy groups -OCH3 is 1. The molecule has 1 aromatic carbocycles. The molecule has 5 heteroatoms. The number of carbonyl (C=O) groups excluding carboxylic acids is 2. The van der Waals surface area contributed by atoms with E-state index in [9.17, 15) is 9.59 Å². The number of benzene rings is 1. The summed E-state index contributed by atoms with van der Waals surface area (Å²) < 4.78 is 4.69. The number of ether oxygens (including phenoxy) is 1. The average Bonchev–Trinajstić information content (AvgIpc) is 2.82. The third-order valence-electron chi connectivity index (χ3n) is 3.40. The van der Waals surface area contributed by atoms with Gasteiger partial charge in [-0.05, 0) is 19.1 Å². The summed E-state index contributed by atoms with van der Waals surface area (Å²) in [5, 5.41) is 0. The average molecular weight is 293 g/mol. The molecule has 4 nitrogen and oxygen atoms in total. The summed E-state index contributed by atoms with van der Waals surface area (Å²) in [5.41, 5.74) is 1.24. The van der Waals surface area contributed by atoms with Crippen LogP contribution in [-0.4, -0.2) is 42.7 Å². The molecule has 1 atom stereocenters. The Morgan fingerprint density at radius 2 is 2.10 bits per heavy atom. The first-order chi connectivity index (χ1) is 9.60. The lowest BCUT2D eigenvalue weighted by atomic mass is 10.1. The Kier molecular flexibility index (Phi) is 5.06. The van der Waals surface area contributed by atoms with Crippen molar-refractivity contribution < 1.29 is 14.3 Å². The van der Waals surface area contributed by atoms with Gasteiger partial charge < -0.3 is 9.64 Å². The first-order valence-corrected chi connectivity index (χ1v) is 7.64. The van der Waals surface area contributed by atoms with E-state index in [0.717, 1.165) is 5.75 Å². The normalized spacial score (nSPS) is 18.4. The third kappa shape index (κ3) is 3.76. The summed E-state index contributed by atoms with van der Waals surface area (Å²) in [4.78, 5) is 26.2. The zero-order valence-corrected chi connectivity index (χ0v) is 12.6. The Balaban J connectivity index is 1.78. The van der Waals surface area contributed by atoms with E-state index in [0.29, 0.717) is 13.1 Å². The van der Waals surface area contributed by atoms with Gasteiger partial charge in [0.25, 0.3) is 0 Å². The second-order valence-electron chi connectivity index (χ2n) is 4.93. The Labute approximate surface area is 123 Å². The molecule has 0 spiro atoms. The number of nitrogens with zero attached hydrogens (tertiary/aromatic N) is 1. The molecule has 0 N–H and O–H groups in total. The number of carbonyl (C=O) groups is 2. The summed E-state index contributed by atoms with van der Waals surface area (Å²) in [6.45, 7) is 3.22. The fourth-order valence-electron chi connectivity index (χ4n) is 2.22. The fourth-order valence-corrected chi connectivity index (χ4v) is 3.10. The van der Waals surface area contributed by atoms with E-state index in [1.807, 2.05) is 0 Å². The predicted octanol–water partition coefficient (Wildman–Crippen LogP) is 2.11. The monoisotopic (exact) mass is 293 g/mol. The van der Waals surface area contributed by atoms with E-state index in [1.54, 1.807) is 16.7 Å². The summed E-state index contributed by atoms with van der Waals surface area (Å²) in [6, 6.07) is 8.33. The lowest BCUT2D eigenvalue weighted by Crippen LogP contribution is -2.28. The van der Waals surface area contributed by atoms with Gasteiger partial charge in [-0.3, -0.25) is 9.59 Å². The van der Waals surface area contributed by atoms with Gasteiger partial charge in [-0.1, -0.05) is 17.7 Å². The van der Waals surface area contributed by atoms with Gasteiger partial charge in [0.15, 0.2) is 0 Å². The van der Waals surface area contributed by atoms with E-state index < -0.39 is 0 Å². The van der Waals surface area contributed by atoms with Gasteiger partial charge in [-0.15, -0.1) is 11.8 Å². The lowest BCUT2D eigenvalue weighted by molar-refractivity contribution is -0.145. The molecule has 1 heterocycles. The van der Waals surface area contributed by atoms with Crippen molar-refractivity contribution in [3.05, 3.63) is 29.8 Å². The molecule has 0 saturated carbocycles. The minimum absolute atomic E-state index is 0.0462. The van der Waals surface area contributed by atoms with Gasteiger partial charge in [-0.2, -0.15) is 0 Å². The van der Waals surface area contributed by atoms with Gasteiger partial charge >= 0.3 is 5.97 Å². The number of amides is 1. The predicted molar refractivity (Wildman–Crippen MR) is 78.6 cm³/mol. The first kappa shape index (κ1) is 14.9. The smallest absolute Gasteiger partial charge is 0.310 e. The van der Waals surface area contributed by atoms with Crippen LogP contribution < -0.4 is 0 Å². The molecular formula is C15H19NO3S. The van der Waals surface area contributed by atoms with E-state index in [4.69, 9.17) is 4.74 Å². The SMILES string of the molecule is COC(=O)C1CC(=O)N(CCSc2ccc(C)cc2)C1. The second-order valence-corrected chi connectivity index (χ2v) is 6.09. The van der Waals surface area contributed by atoms with E-state index in [2.05, 4.69) is 31.2 Å². The largest absolute Gasteiger partial charge is 0.469 e. The molecule has 1 fully saturated rings. The number of esters is 1. The topological polar surface area (TPSA) is 46.6 Å². The second kappa shape index (κ2) is 6.79. The maximum Gasteiger partial charge on any atom is 0.310 e. The van der Waals surface area contributed by atoms with Crippen LogP contribution in [0.5, 0.6) is 0 Å². The molecule has 1 aromatic rings. The lowest BCUT2D eigenvalue weighted by Gasteiger charge is -2.15. The van der Waals surface area contributed by atoms with Gasteiger partial charge in [0.2, 0.25) is 5.91 Å². The van der Waals surface area contributed by atoms with Crippen molar-refractivity contribution in [1.29, 1.82) is 0 Å². The minimum Gasteiger partial charge on any atom is -0.469 e. The standard InChI is InChI=1S/C15H19NO3S/c1-11-3-5-13(6-4-11)20-8-7-16-10-12(9-14(16)17)15(18)19-2/h3-6,12H,7-10H2,1-2H3. The van der Waals surface area contributed by atoms with Gasteiger partial charge in [0.1, 0.15) is 0 Å². The molecule has 1 amide bonds. The highest BCUT2D eigenvalue weighted by Crippen LogP contribution is 2.22. The molecule has 1 aliphatic rings. The molecule has 1 unspecified atom stereocenters. The molecule has 0 aromatic heterocycles. The highest BCUT2D eigenvalue weighted by atomic mass is 32.2. The van der Waals surface area contributed by atoms with Crippen LogP contribution in [-0.2, 0) is 14.3 Å². The molecule has 0 radical (unpaired) electrons. The van der Waals surface area contributed by atoms with E-state index in [1.165, 1.54) is 17.6 Å². The molecular weight excluding hydrogens is 274 g/mol. The molecule has 2 rings (SSSR count). The zero-order chi connectivity index (χ0) is 14.5. The van der Waals surface area contributed by atoms with Crippen LogP contribution in [0.2, 0.25) is 0 Å². The molecule has 0 bridgehead atoms. The number of likely N-dealkylation sites (tertiary alicyclic amines) is 1. The van der Waals surface area contributed by atoms with Gasteiger partial charge in [-0.25, -0.2) is 0 Å². The van der Waals surface area contributed by atoms with Crippen LogP contribution in [0.25, 0.3) is 0 Å². The van der Waals surface area contributed by atoms with Crippen molar-refractivity contribution in [1.82, 2.24) is 4.90 Å². The van der Waals surface area contributed by atoms with Crippen LogP contribution in [0, 0.1) is 12.8 Å². The van der Waals surface area contributed by atoms with Crippen LogP contribution in [0.1, 0.15) is 12.0 Å². The first-order valence-electron chi connectivity index (χ1n) is 6.65. The van der Waals surface area contributed by atoms with Crippen molar-refractivity contribution in [2.75, 3.05) is 26.0 Å². The Morgan fingerprint density at radius 1 is 1.40 bits per heavy atom. The van der Waals surface area contributed by atoms with Crippen LogP contribution in [0.15, 0.2) is 29.2 Å².